The molecule has 0 saturated carbocycles. The molecule has 10 heteroatoms. The molecule has 30 heavy (non-hydrogen) atoms. The van der Waals surface area contributed by atoms with E-state index in [-0.39, 0.29) is 46.4 Å². The van der Waals surface area contributed by atoms with Crippen LogP contribution in [0.4, 0.5) is 9.52 Å². The Morgan fingerprint density at radius 1 is 1.17 bits per heavy atom. The lowest BCUT2D eigenvalue weighted by Crippen LogP contribution is -2.48. The third-order valence-corrected chi connectivity index (χ3v) is 7.51. The van der Waals surface area contributed by atoms with Crippen LogP contribution in [0.1, 0.15) is 24.2 Å². The molecule has 2 atom stereocenters. The van der Waals surface area contributed by atoms with Crippen LogP contribution in [0.25, 0.3) is 10.2 Å². The lowest BCUT2D eigenvalue weighted by atomic mass is 10.2. The molecule has 0 bridgehead atoms. The number of nitrogens with zero attached hydrogens (tertiary/aromatic N) is 2. The van der Waals surface area contributed by atoms with Gasteiger partial charge in [0.05, 0.1) is 21.8 Å². The van der Waals surface area contributed by atoms with Crippen molar-refractivity contribution in [1.29, 1.82) is 0 Å². The van der Waals surface area contributed by atoms with Gasteiger partial charge in [-0.3, -0.25) is 10.1 Å². The van der Waals surface area contributed by atoms with E-state index in [0.717, 1.165) is 11.3 Å². The average molecular weight is 450 g/mol. The summed E-state index contributed by atoms with van der Waals surface area (Å²) in [4.78, 5) is 16.7. The van der Waals surface area contributed by atoms with Gasteiger partial charge in [-0.15, -0.1) is 0 Å². The number of carbonyl (C=O) groups excluding carboxylic acids is 1. The van der Waals surface area contributed by atoms with Gasteiger partial charge in [0.2, 0.25) is 10.0 Å². The molecule has 1 aromatic heterocycles. The van der Waals surface area contributed by atoms with Crippen molar-refractivity contribution in [2.75, 3.05) is 18.4 Å². The Balaban J connectivity index is 1.51. The number of aromatic nitrogens is 1. The highest BCUT2D eigenvalue weighted by atomic mass is 32.2. The van der Waals surface area contributed by atoms with Crippen molar-refractivity contribution in [2.24, 2.45) is 0 Å². The Kier molecular flexibility index (Phi) is 5.58. The fraction of sp³-hybridized carbons (Fsp3) is 0.300. The summed E-state index contributed by atoms with van der Waals surface area (Å²) in [7, 11) is -3.68. The number of ether oxygens (including phenoxy) is 1. The van der Waals surface area contributed by atoms with Gasteiger partial charge in [0.25, 0.3) is 5.91 Å². The molecule has 1 aliphatic heterocycles. The highest BCUT2D eigenvalue weighted by Gasteiger charge is 2.32. The van der Waals surface area contributed by atoms with Gasteiger partial charge in [-0.2, -0.15) is 4.31 Å². The monoisotopic (exact) mass is 449 g/mol. The lowest BCUT2D eigenvalue weighted by molar-refractivity contribution is -0.0440. The molecule has 1 amide bonds. The van der Waals surface area contributed by atoms with Gasteiger partial charge in [0, 0.05) is 18.7 Å². The van der Waals surface area contributed by atoms with Gasteiger partial charge in [0.15, 0.2) is 5.13 Å². The van der Waals surface area contributed by atoms with E-state index in [1.165, 1.54) is 34.6 Å². The molecule has 1 aliphatic rings. The normalized spacial score (nSPS) is 20.4. The number of anilines is 1. The maximum absolute atomic E-state index is 13.8. The summed E-state index contributed by atoms with van der Waals surface area (Å²) in [6.07, 6.45) is -0.376. The quantitative estimate of drug-likeness (QED) is 0.659. The van der Waals surface area contributed by atoms with Crippen molar-refractivity contribution in [3.63, 3.8) is 0 Å². The highest BCUT2D eigenvalue weighted by Crippen LogP contribution is 2.28. The van der Waals surface area contributed by atoms with Crippen molar-refractivity contribution in [3.05, 3.63) is 53.8 Å². The highest BCUT2D eigenvalue weighted by molar-refractivity contribution is 7.89. The summed E-state index contributed by atoms with van der Waals surface area (Å²) in [6, 6.07) is 10.3. The Morgan fingerprint density at radius 2 is 1.83 bits per heavy atom. The van der Waals surface area contributed by atoms with Crippen LogP contribution in [0.5, 0.6) is 0 Å². The van der Waals surface area contributed by atoms with E-state index in [9.17, 15) is 17.6 Å². The van der Waals surface area contributed by atoms with Gasteiger partial charge < -0.3 is 4.74 Å². The van der Waals surface area contributed by atoms with Crippen molar-refractivity contribution >= 4 is 42.6 Å². The predicted molar refractivity (Wildman–Crippen MR) is 113 cm³/mol. The second-order valence-electron chi connectivity index (χ2n) is 7.16. The number of para-hydroxylation sites is 1. The fourth-order valence-corrected chi connectivity index (χ4v) is 5.86. The summed E-state index contributed by atoms with van der Waals surface area (Å²) in [5.74, 6) is -0.905. The Labute approximate surface area is 177 Å². The maximum atomic E-state index is 13.8. The third-order valence-electron chi connectivity index (χ3n) is 4.73. The van der Waals surface area contributed by atoms with Crippen LogP contribution in [0, 0.1) is 5.82 Å². The molecule has 0 aliphatic carbocycles. The fourth-order valence-electron chi connectivity index (χ4n) is 3.39. The number of hydrogen-bond acceptors (Lipinski definition) is 6. The van der Waals surface area contributed by atoms with E-state index in [4.69, 9.17) is 4.74 Å². The summed E-state index contributed by atoms with van der Waals surface area (Å²) in [6.45, 7) is 4.23. The third kappa shape index (κ3) is 4.08. The minimum atomic E-state index is -3.68. The zero-order chi connectivity index (χ0) is 21.5. The molecule has 3 aromatic rings. The van der Waals surface area contributed by atoms with E-state index in [0.29, 0.717) is 4.70 Å². The van der Waals surface area contributed by atoms with Crippen molar-refractivity contribution in [1.82, 2.24) is 9.29 Å². The van der Waals surface area contributed by atoms with E-state index >= 15 is 0 Å². The summed E-state index contributed by atoms with van der Waals surface area (Å²) >= 11 is 1.16. The smallest absolute Gasteiger partial charge is 0.257 e. The zero-order valence-corrected chi connectivity index (χ0v) is 18.0. The van der Waals surface area contributed by atoms with Crippen molar-refractivity contribution in [3.8, 4) is 0 Å². The standard InChI is InChI=1S/C20H20FN3O4S2/c1-12-10-24(11-13(2)28-12)30(26,27)15-8-6-14(7-9-15)19(25)23-20-22-18-16(21)4-3-5-17(18)29-20/h3-9,12-13H,10-11H2,1-2H3,(H,22,23,25)/t12-,13-/m1/s1. The van der Waals surface area contributed by atoms with Crippen LogP contribution >= 0.6 is 11.3 Å². The van der Waals surface area contributed by atoms with Crippen LogP contribution in [-0.2, 0) is 14.8 Å². The molecule has 1 fully saturated rings. The number of benzene rings is 2. The van der Waals surface area contributed by atoms with Gasteiger partial charge in [0.1, 0.15) is 11.3 Å². The van der Waals surface area contributed by atoms with Crippen molar-refractivity contribution < 1.29 is 22.3 Å². The molecular formula is C20H20FN3O4S2. The van der Waals surface area contributed by atoms with Crippen molar-refractivity contribution in [2.45, 2.75) is 31.0 Å². The molecule has 1 saturated heterocycles. The molecule has 0 unspecified atom stereocenters. The topological polar surface area (TPSA) is 88.6 Å². The number of fused-ring (bicyclic) bond motifs is 1. The SMILES string of the molecule is C[C@@H]1CN(S(=O)(=O)c2ccc(C(=O)Nc3nc4c(F)cccc4s3)cc2)C[C@@H](C)O1. The summed E-state index contributed by atoms with van der Waals surface area (Å²) < 4.78 is 47.2. The Morgan fingerprint density at radius 3 is 2.47 bits per heavy atom. The minimum absolute atomic E-state index is 0.113. The first-order valence-electron chi connectivity index (χ1n) is 9.36. The molecule has 4 rings (SSSR count). The minimum Gasteiger partial charge on any atom is -0.373 e. The molecule has 158 valence electrons. The van der Waals surface area contributed by atoms with Gasteiger partial charge in [-0.05, 0) is 50.2 Å². The van der Waals surface area contributed by atoms with Crippen LogP contribution in [0.15, 0.2) is 47.4 Å². The van der Waals surface area contributed by atoms with E-state index in [1.54, 1.807) is 12.1 Å². The number of sulfonamides is 1. The number of rotatable bonds is 4. The molecule has 1 N–H and O–H groups in total. The first-order chi connectivity index (χ1) is 14.2. The largest absolute Gasteiger partial charge is 0.373 e. The molecule has 0 radical (unpaired) electrons. The second kappa shape index (κ2) is 8.03. The number of nitrogens with one attached hydrogen (secondary N) is 1. The number of thiazole rings is 1. The van der Waals surface area contributed by atoms with Crippen LogP contribution in [0.2, 0.25) is 0 Å². The van der Waals surface area contributed by atoms with E-state index in [1.807, 2.05) is 13.8 Å². The van der Waals surface area contributed by atoms with Gasteiger partial charge >= 0.3 is 0 Å². The molecule has 2 aromatic carbocycles. The Bertz CT molecular complexity index is 1180. The predicted octanol–water partition coefficient (Wildman–Crippen LogP) is 3.49. The van der Waals surface area contributed by atoms with Gasteiger partial charge in [-0.25, -0.2) is 17.8 Å². The van der Waals surface area contributed by atoms with E-state index in [2.05, 4.69) is 10.3 Å². The van der Waals surface area contributed by atoms with Crippen LogP contribution in [-0.4, -0.2) is 48.9 Å². The first-order valence-corrected chi connectivity index (χ1v) is 11.6. The van der Waals surface area contributed by atoms with Crippen LogP contribution in [0.3, 0.4) is 0 Å². The first kappa shape index (κ1) is 20.9. The maximum Gasteiger partial charge on any atom is 0.257 e. The number of hydrogen-bond donors (Lipinski definition) is 1. The number of halogens is 1. The molecule has 2 heterocycles. The molecular weight excluding hydrogens is 429 g/mol. The second-order valence-corrected chi connectivity index (χ2v) is 10.1. The number of amides is 1. The summed E-state index contributed by atoms with van der Waals surface area (Å²) in [5, 5.41) is 2.90. The van der Waals surface area contributed by atoms with Crippen LogP contribution < -0.4 is 5.32 Å². The van der Waals surface area contributed by atoms with E-state index < -0.39 is 21.7 Å². The average Bonchev–Trinajstić information content (AvgIpc) is 3.11. The molecule has 0 spiro atoms. The van der Waals surface area contributed by atoms with Gasteiger partial charge in [-0.1, -0.05) is 17.4 Å². The zero-order valence-electron chi connectivity index (χ0n) is 16.3. The lowest BCUT2D eigenvalue weighted by Gasteiger charge is -2.34. The Hall–Kier alpha value is -2.40. The summed E-state index contributed by atoms with van der Waals surface area (Å²) in [5.41, 5.74) is 0.477. The molecule has 7 nitrogen and oxygen atoms in total. The number of morpholine rings is 1. The number of carbonyl (C=O) groups is 1.